The molecule has 1 aliphatic rings. The summed E-state index contributed by atoms with van der Waals surface area (Å²) in [6.07, 6.45) is 1.49. The number of carbonyl (C=O) groups is 1. The summed E-state index contributed by atoms with van der Waals surface area (Å²) in [4.78, 5) is 23.2. The summed E-state index contributed by atoms with van der Waals surface area (Å²) in [5.41, 5.74) is 2.74. The molecule has 0 saturated heterocycles. The van der Waals surface area contributed by atoms with Crippen LogP contribution in [-0.2, 0) is 6.54 Å². The maximum atomic E-state index is 13.0. The average molecular weight is 508 g/mol. The van der Waals surface area contributed by atoms with Crippen LogP contribution in [0, 0.1) is 0 Å². The number of aromatic nitrogens is 2. The van der Waals surface area contributed by atoms with E-state index in [0.717, 1.165) is 22.3 Å². The molecule has 30 heavy (non-hydrogen) atoms. The van der Waals surface area contributed by atoms with Crippen molar-refractivity contribution in [2.24, 2.45) is 0 Å². The van der Waals surface area contributed by atoms with Gasteiger partial charge in [-0.1, -0.05) is 45.2 Å². The number of benzene rings is 2. The van der Waals surface area contributed by atoms with Gasteiger partial charge in [0.25, 0.3) is 5.91 Å². The van der Waals surface area contributed by atoms with E-state index < -0.39 is 0 Å². The highest BCUT2D eigenvalue weighted by Gasteiger charge is 2.29. The molecule has 0 spiro atoms. The molecule has 1 aliphatic heterocycles. The summed E-state index contributed by atoms with van der Waals surface area (Å²) >= 11 is 16.1. The van der Waals surface area contributed by atoms with E-state index in [9.17, 15) is 4.79 Å². The first-order valence-electron chi connectivity index (χ1n) is 9.04. The summed E-state index contributed by atoms with van der Waals surface area (Å²) in [6.45, 7) is 0.911. The zero-order valence-corrected chi connectivity index (χ0v) is 18.9. The number of halogens is 3. The summed E-state index contributed by atoms with van der Waals surface area (Å²) in [7, 11) is 1.89. The normalized spacial score (nSPS) is 13.1. The van der Waals surface area contributed by atoms with Crippen LogP contribution in [0.15, 0.2) is 47.1 Å². The Morgan fingerprint density at radius 2 is 2.00 bits per heavy atom. The number of hydrogen-bond acceptors (Lipinski definition) is 6. The molecule has 2 heterocycles. The molecule has 0 fully saturated rings. The summed E-state index contributed by atoms with van der Waals surface area (Å²) in [5.74, 6) is 0.561. The minimum absolute atomic E-state index is 0.191. The van der Waals surface area contributed by atoms with E-state index in [0.29, 0.717) is 33.1 Å². The third-order valence-corrected chi connectivity index (χ3v) is 5.93. The highest BCUT2D eigenvalue weighted by molar-refractivity contribution is 9.10. The van der Waals surface area contributed by atoms with Crippen LogP contribution in [0.3, 0.4) is 0 Å². The molecule has 154 valence electrons. The fraction of sp³-hybridized carbons (Fsp3) is 0.150. The van der Waals surface area contributed by atoms with E-state index >= 15 is 0 Å². The Morgan fingerprint density at radius 3 is 2.73 bits per heavy atom. The van der Waals surface area contributed by atoms with Crippen LogP contribution in [0.2, 0.25) is 10.0 Å². The highest BCUT2D eigenvalue weighted by Crippen LogP contribution is 2.36. The van der Waals surface area contributed by atoms with Crippen LogP contribution < -0.4 is 20.9 Å². The van der Waals surface area contributed by atoms with Crippen LogP contribution in [0.4, 0.5) is 23.1 Å². The van der Waals surface area contributed by atoms with Crippen molar-refractivity contribution < 1.29 is 4.79 Å². The van der Waals surface area contributed by atoms with Crippen molar-refractivity contribution in [2.75, 3.05) is 29.2 Å². The number of nitrogens with zero attached hydrogens (tertiary/aromatic N) is 3. The van der Waals surface area contributed by atoms with Crippen LogP contribution in [-0.4, -0.2) is 29.6 Å². The van der Waals surface area contributed by atoms with E-state index in [-0.39, 0.29) is 12.6 Å². The Balaban J connectivity index is 1.59. The molecular weight excluding hydrogens is 491 g/mol. The second-order valence-corrected chi connectivity index (χ2v) is 8.22. The lowest BCUT2D eigenvalue weighted by Crippen LogP contribution is -2.41. The van der Waals surface area contributed by atoms with Gasteiger partial charge in [-0.15, -0.1) is 0 Å². The first-order chi connectivity index (χ1) is 14.5. The van der Waals surface area contributed by atoms with Crippen LogP contribution in [0.1, 0.15) is 15.9 Å². The van der Waals surface area contributed by atoms with Gasteiger partial charge < -0.3 is 16.0 Å². The second-order valence-electron chi connectivity index (χ2n) is 6.56. The molecule has 0 aliphatic carbocycles. The highest BCUT2D eigenvalue weighted by atomic mass is 79.9. The number of rotatable bonds is 5. The monoisotopic (exact) mass is 506 g/mol. The fourth-order valence-corrected chi connectivity index (χ4v) is 4.13. The quantitative estimate of drug-likeness (QED) is 0.449. The third-order valence-electron chi connectivity index (χ3n) is 4.55. The number of hydrogen-bond donors (Lipinski definition) is 3. The maximum Gasteiger partial charge on any atom is 0.265 e. The molecule has 4 rings (SSSR count). The van der Waals surface area contributed by atoms with Crippen molar-refractivity contribution in [2.45, 2.75) is 6.54 Å². The minimum atomic E-state index is -0.273. The van der Waals surface area contributed by atoms with E-state index in [1.165, 1.54) is 11.1 Å². The molecular formula is C20H17BrCl2N6O. The molecule has 0 saturated carbocycles. The first kappa shape index (κ1) is 20.9. The predicted octanol–water partition coefficient (Wildman–Crippen LogP) is 5.04. The smallest absolute Gasteiger partial charge is 0.265 e. The Labute approximate surface area is 191 Å². The third kappa shape index (κ3) is 4.09. The van der Waals surface area contributed by atoms with E-state index in [4.69, 9.17) is 23.2 Å². The van der Waals surface area contributed by atoms with Crippen molar-refractivity contribution in [1.29, 1.82) is 0 Å². The second kappa shape index (κ2) is 8.77. The molecule has 7 nitrogen and oxygen atoms in total. The summed E-state index contributed by atoms with van der Waals surface area (Å²) in [6, 6.07) is 11.0. The Bertz CT molecular complexity index is 1110. The van der Waals surface area contributed by atoms with E-state index in [2.05, 4.69) is 41.8 Å². The van der Waals surface area contributed by atoms with Gasteiger partial charge in [0, 0.05) is 22.9 Å². The van der Waals surface area contributed by atoms with Gasteiger partial charge in [0.2, 0.25) is 5.95 Å². The predicted molar refractivity (Wildman–Crippen MR) is 124 cm³/mol. The molecule has 10 heteroatoms. The summed E-state index contributed by atoms with van der Waals surface area (Å²) in [5, 5.41) is 10.2. The average Bonchev–Trinajstić information content (AvgIpc) is 2.72. The number of fused-ring (bicyclic) bond motifs is 1. The Kier molecular flexibility index (Phi) is 6.10. The van der Waals surface area contributed by atoms with Crippen LogP contribution >= 0.6 is 39.1 Å². The topological polar surface area (TPSA) is 82.2 Å². The van der Waals surface area contributed by atoms with E-state index in [1.807, 2.05) is 25.2 Å². The SMILES string of the molecule is CNCc1cc(Nc2ncc3c(n2)NCN(c2c(Cl)cccc2Cl)C3=O)ccc1Br. The van der Waals surface area contributed by atoms with Crippen LogP contribution in [0.5, 0.6) is 0 Å². The van der Waals surface area contributed by atoms with Gasteiger partial charge in [-0.2, -0.15) is 4.98 Å². The molecule has 0 unspecified atom stereocenters. The van der Waals surface area contributed by atoms with Crippen molar-refractivity contribution in [1.82, 2.24) is 15.3 Å². The van der Waals surface area contributed by atoms with Gasteiger partial charge >= 0.3 is 0 Å². The van der Waals surface area contributed by atoms with Crippen molar-refractivity contribution in [3.05, 3.63) is 68.2 Å². The molecule has 2 aromatic carbocycles. The van der Waals surface area contributed by atoms with Gasteiger partial charge in [0.15, 0.2) is 0 Å². The molecule has 3 aromatic rings. The summed E-state index contributed by atoms with van der Waals surface area (Å²) < 4.78 is 1.01. The molecule has 0 radical (unpaired) electrons. The maximum absolute atomic E-state index is 13.0. The number of carbonyl (C=O) groups excluding carboxylic acids is 1. The fourth-order valence-electron chi connectivity index (χ4n) is 3.14. The van der Waals surface area contributed by atoms with E-state index in [1.54, 1.807) is 18.2 Å². The lowest BCUT2D eigenvalue weighted by atomic mass is 10.2. The number of nitrogens with one attached hydrogen (secondary N) is 3. The lowest BCUT2D eigenvalue weighted by Gasteiger charge is -2.30. The van der Waals surface area contributed by atoms with Gasteiger partial charge in [0.05, 0.1) is 22.4 Å². The van der Waals surface area contributed by atoms with Crippen molar-refractivity contribution >= 4 is 68.2 Å². The zero-order chi connectivity index (χ0) is 21.3. The first-order valence-corrected chi connectivity index (χ1v) is 10.6. The number of para-hydroxylation sites is 1. The number of amides is 1. The molecule has 0 atom stereocenters. The zero-order valence-electron chi connectivity index (χ0n) is 15.8. The van der Waals surface area contributed by atoms with Gasteiger partial charge in [-0.25, -0.2) is 4.98 Å². The van der Waals surface area contributed by atoms with Crippen LogP contribution in [0.25, 0.3) is 0 Å². The van der Waals surface area contributed by atoms with Crippen molar-refractivity contribution in [3.63, 3.8) is 0 Å². The molecule has 3 N–H and O–H groups in total. The number of anilines is 4. The van der Waals surface area contributed by atoms with Gasteiger partial charge in [-0.3, -0.25) is 9.69 Å². The van der Waals surface area contributed by atoms with Crippen molar-refractivity contribution in [3.8, 4) is 0 Å². The lowest BCUT2D eigenvalue weighted by molar-refractivity contribution is 0.0985. The van der Waals surface area contributed by atoms with Gasteiger partial charge in [0.1, 0.15) is 11.4 Å². The minimum Gasteiger partial charge on any atom is -0.351 e. The largest absolute Gasteiger partial charge is 0.351 e. The van der Waals surface area contributed by atoms with Gasteiger partial charge in [-0.05, 0) is 42.9 Å². The standard InChI is InChI=1S/C20H17BrCl2N6O/c1-24-8-11-7-12(5-6-14(11)21)27-20-25-9-13-18(28-20)26-10-29(19(13)30)17-15(22)3-2-4-16(17)23/h2-7,9,24H,8,10H2,1H3,(H2,25,26,27,28). The molecule has 0 bridgehead atoms. The molecule has 1 aromatic heterocycles. The Morgan fingerprint density at radius 1 is 1.23 bits per heavy atom. The molecule has 1 amide bonds. The Hall–Kier alpha value is -2.39.